The summed E-state index contributed by atoms with van der Waals surface area (Å²) in [5, 5.41) is 7.45. The van der Waals surface area contributed by atoms with Crippen molar-refractivity contribution in [1.82, 2.24) is 14.8 Å². The number of hydrogen-bond donors (Lipinski definition) is 0. The lowest BCUT2D eigenvalue weighted by Gasteiger charge is -2.07. The van der Waals surface area contributed by atoms with Crippen molar-refractivity contribution in [3.63, 3.8) is 0 Å². The summed E-state index contributed by atoms with van der Waals surface area (Å²) in [6.07, 6.45) is 3.40. The van der Waals surface area contributed by atoms with Crippen molar-refractivity contribution in [2.75, 3.05) is 13.2 Å². The van der Waals surface area contributed by atoms with Crippen molar-refractivity contribution in [2.45, 2.75) is 43.8 Å². The molecule has 18 heavy (non-hydrogen) atoms. The van der Waals surface area contributed by atoms with Gasteiger partial charge in [-0.05, 0) is 19.3 Å². The van der Waals surface area contributed by atoms with E-state index in [1.165, 1.54) is 0 Å². The zero-order valence-electron chi connectivity index (χ0n) is 10.2. The highest BCUT2D eigenvalue weighted by Gasteiger charge is 2.33. The first-order valence-electron chi connectivity index (χ1n) is 6.00. The maximum absolute atomic E-state index is 11.4. The number of hydrogen-bond acceptors (Lipinski definition) is 5. The Bertz CT molecular complexity index is 510. The molecule has 1 aromatic rings. The SMILES string of the molecule is CCCOCCc1nnc(S(=O)(=O)Cl)n1C1CC1. The second kappa shape index (κ2) is 5.54. The highest BCUT2D eigenvalue weighted by molar-refractivity contribution is 8.13. The van der Waals surface area contributed by atoms with Gasteiger partial charge in [0.15, 0.2) is 0 Å². The molecule has 1 saturated carbocycles. The molecule has 0 aliphatic heterocycles. The number of halogens is 1. The van der Waals surface area contributed by atoms with Gasteiger partial charge in [-0.25, -0.2) is 8.42 Å². The standard InChI is InChI=1S/C10H16ClN3O3S/c1-2-6-17-7-5-9-12-13-10(18(11,15)16)14(9)8-3-4-8/h8H,2-7H2,1H3. The minimum Gasteiger partial charge on any atom is -0.381 e. The average molecular weight is 294 g/mol. The molecule has 1 aliphatic rings. The summed E-state index contributed by atoms with van der Waals surface area (Å²) in [6, 6.07) is 0.171. The molecule has 0 N–H and O–H groups in total. The molecule has 0 bridgehead atoms. The van der Waals surface area contributed by atoms with Crippen molar-refractivity contribution in [3.05, 3.63) is 5.82 Å². The van der Waals surface area contributed by atoms with E-state index < -0.39 is 9.05 Å². The van der Waals surface area contributed by atoms with Crippen molar-refractivity contribution in [2.24, 2.45) is 0 Å². The van der Waals surface area contributed by atoms with Gasteiger partial charge in [0.05, 0.1) is 6.61 Å². The van der Waals surface area contributed by atoms with Crippen molar-refractivity contribution in [1.29, 1.82) is 0 Å². The Morgan fingerprint density at radius 1 is 1.39 bits per heavy atom. The molecule has 0 unspecified atom stereocenters. The summed E-state index contributed by atoms with van der Waals surface area (Å²) < 4.78 is 29.8. The van der Waals surface area contributed by atoms with E-state index in [-0.39, 0.29) is 11.2 Å². The summed E-state index contributed by atoms with van der Waals surface area (Å²) in [5.41, 5.74) is 0. The predicted octanol–water partition coefficient (Wildman–Crippen LogP) is 1.51. The zero-order chi connectivity index (χ0) is 13.2. The molecular weight excluding hydrogens is 278 g/mol. The van der Waals surface area contributed by atoms with Gasteiger partial charge in [-0.2, -0.15) is 0 Å². The van der Waals surface area contributed by atoms with Crippen LogP contribution in [0.3, 0.4) is 0 Å². The highest BCUT2D eigenvalue weighted by atomic mass is 35.7. The molecule has 6 nitrogen and oxygen atoms in total. The lowest BCUT2D eigenvalue weighted by atomic mass is 10.4. The van der Waals surface area contributed by atoms with E-state index >= 15 is 0 Å². The Morgan fingerprint density at radius 3 is 2.67 bits per heavy atom. The van der Waals surface area contributed by atoms with Crippen LogP contribution < -0.4 is 0 Å². The largest absolute Gasteiger partial charge is 0.381 e. The lowest BCUT2D eigenvalue weighted by Crippen LogP contribution is -2.10. The molecule has 0 atom stereocenters. The highest BCUT2D eigenvalue weighted by Crippen LogP contribution is 2.38. The van der Waals surface area contributed by atoms with Crippen LogP contribution in [0.15, 0.2) is 5.16 Å². The maximum Gasteiger partial charge on any atom is 0.296 e. The van der Waals surface area contributed by atoms with Gasteiger partial charge >= 0.3 is 0 Å². The molecule has 0 aromatic carbocycles. The van der Waals surface area contributed by atoms with E-state index in [1.54, 1.807) is 4.57 Å². The topological polar surface area (TPSA) is 74.1 Å². The first-order valence-corrected chi connectivity index (χ1v) is 8.31. The summed E-state index contributed by atoms with van der Waals surface area (Å²) in [7, 11) is 1.52. The molecule has 0 saturated heterocycles. The number of aromatic nitrogens is 3. The molecular formula is C10H16ClN3O3S. The molecule has 1 fully saturated rings. The molecule has 1 aliphatic carbocycles. The molecule has 0 spiro atoms. The number of rotatable bonds is 7. The fourth-order valence-corrected chi connectivity index (χ4v) is 2.70. The van der Waals surface area contributed by atoms with Crippen LogP contribution in [0, 0.1) is 0 Å². The molecule has 8 heteroatoms. The van der Waals surface area contributed by atoms with Crippen LogP contribution in [-0.4, -0.2) is 36.4 Å². The Morgan fingerprint density at radius 2 is 2.11 bits per heavy atom. The molecule has 1 aromatic heterocycles. The summed E-state index contributed by atoms with van der Waals surface area (Å²) in [6.45, 7) is 3.24. The second-order valence-electron chi connectivity index (χ2n) is 4.30. The minimum atomic E-state index is -3.83. The zero-order valence-corrected chi connectivity index (χ0v) is 11.7. The van der Waals surface area contributed by atoms with Crippen LogP contribution in [0.2, 0.25) is 0 Å². The third kappa shape index (κ3) is 3.21. The smallest absolute Gasteiger partial charge is 0.296 e. The van der Waals surface area contributed by atoms with Crippen LogP contribution in [-0.2, 0) is 20.2 Å². The van der Waals surface area contributed by atoms with Crippen molar-refractivity contribution < 1.29 is 13.2 Å². The van der Waals surface area contributed by atoms with Gasteiger partial charge in [0.25, 0.3) is 14.2 Å². The van der Waals surface area contributed by atoms with E-state index in [0.717, 1.165) is 19.3 Å². The van der Waals surface area contributed by atoms with Crippen LogP contribution in [0.5, 0.6) is 0 Å². The predicted molar refractivity (Wildman–Crippen MR) is 66.1 cm³/mol. The van der Waals surface area contributed by atoms with Crippen molar-refractivity contribution >= 4 is 19.7 Å². The van der Waals surface area contributed by atoms with E-state index in [4.69, 9.17) is 15.4 Å². The van der Waals surface area contributed by atoms with Crippen LogP contribution in [0.25, 0.3) is 0 Å². The maximum atomic E-state index is 11.4. The normalized spacial score (nSPS) is 16.1. The van der Waals surface area contributed by atoms with Gasteiger partial charge in [-0.1, -0.05) is 6.92 Å². The van der Waals surface area contributed by atoms with Crippen LogP contribution in [0.4, 0.5) is 0 Å². The van der Waals surface area contributed by atoms with Crippen LogP contribution >= 0.6 is 10.7 Å². The fraction of sp³-hybridized carbons (Fsp3) is 0.800. The first-order chi connectivity index (χ1) is 8.54. The first kappa shape index (κ1) is 13.8. The Labute approximate surface area is 111 Å². The van der Waals surface area contributed by atoms with Gasteiger partial charge in [0.2, 0.25) is 0 Å². The summed E-state index contributed by atoms with van der Waals surface area (Å²) in [5.74, 6) is 0.632. The number of nitrogens with zero attached hydrogens (tertiary/aromatic N) is 3. The van der Waals surface area contributed by atoms with E-state index in [9.17, 15) is 8.42 Å². The van der Waals surface area contributed by atoms with E-state index in [0.29, 0.717) is 25.5 Å². The molecule has 2 rings (SSSR count). The Kier molecular flexibility index (Phi) is 4.24. The van der Waals surface area contributed by atoms with Gasteiger partial charge in [-0.15, -0.1) is 10.2 Å². The van der Waals surface area contributed by atoms with Gasteiger partial charge in [0.1, 0.15) is 5.82 Å². The second-order valence-corrected chi connectivity index (χ2v) is 6.76. The van der Waals surface area contributed by atoms with Crippen molar-refractivity contribution in [3.8, 4) is 0 Å². The molecule has 0 radical (unpaired) electrons. The Hall–Kier alpha value is -0.660. The molecule has 0 amide bonds. The fourth-order valence-electron chi connectivity index (χ4n) is 1.75. The number of ether oxygens (including phenoxy) is 1. The van der Waals surface area contributed by atoms with Gasteiger partial charge < -0.3 is 4.74 Å². The summed E-state index contributed by atoms with van der Waals surface area (Å²) in [4.78, 5) is 0. The quantitative estimate of drug-likeness (QED) is 0.563. The Balaban J connectivity index is 2.13. The monoisotopic (exact) mass is 293 g/mol. The average Bonchev–Trinajstić information content (AvgIpc) is 3.04. The molecule has 1 heterocycles. The van der Waals surface area contributed by atoms with E-state index in [1.807, 2.05) is 6.92 Å². The van der Waals surface area contributed by atoms with Crippen LogP contribution in [0.1, 0.15) is 38.1 Å². The van der Waals surface area contributed by atoms with Gasteiger partial charge in [-0.3, -0.25) is 4.57 Å². The third-order valence-electron chi connectivity index (χ3n) is 2.68. The summed E-state index contributed by atoms with van der Waals surface area (Å²) >= 11 is 0. The third-order valence-corrected chi connectivity index (χ3v) is 3.81. The lowest BCUT2D eigenvalue weighted by molar-refractivity contribution is 0.136. The van der Waals surface area contributed by atoms with Gasteiger partial charge in [0, 0.05) is 29.8 Å². The minimum absolute atomic E-state index is 0.142. The van der Waals surface area contributed by atoms with E-state index in [2.05, 4.69) is 10.2 Å². The molecule has 102 valence electrons.